The van der Waals surface area contributed by atoms with Crippen molar-refractivity contribution in [3.8, 4) is 11.3 Å². The van der Waals surface area contributed by atoms with Crippen LogP contribution in [0.1, 0.15) is 34.8 Å². The number of aromatic nitrogens is 4. The number of likely N-dealkylation sites (tertiary alicyclic amines) is 1. The molecule has 0 aliphatic carbocycles. The summed E-state index contributed by atoms with van der Waals surface area (Å²) < 4.78 is 30.6. The van der Waals surface area contributed by atoms with E-state index in [1.807, 2.05) is 16.8 Å². The van der Waals surface area contributed by atoms with Crippen molar-refractivity contribution < 1.29 is 18.0 Å². The van der Waals surface area contributed by atoms with Gasteiger partial charge in [-0.05, 0) is 36.6 Å². The number of amides is 2. The Morgan fingerprint density at radius 1 is 1.14 bits per heavy atom. The van der Waals surface area contributed by atoms with Gasteiger partial charge in [0.2, 0.25) is 15.9 Å². The maximum absolute atomic E-state index is 13.1. The molecule has 12 nitrogen and oxygen atoms in total. The molecule has 218 valence electrons. The van der Waals surface area contributed by atoms with Crippen LogP contribution in [0.3, 0.4) is 0 Å². The maximum atomic E-state index is 13.1. The number of piperidine rings is 1. The van der Waals surface area contributed by atoms with Crippen molar-refractivity contribution in [3.63, 3.8) is 0 Å². The smallest absolute Gasteiger partial charge is 0.254 e. The number of carbonyl (C=O) groups is 2. The molecule has 4 aromatic rings. The third kappa shape index (κ3) is 5.60. The van der Waals surface area contributed by atoms with Crippen LogP contribution in [0.2, 0.25) is 0 Å². The minimum Gasteiger partial charge on any atom is -0.383 e. The molecule has 2 amide bonds. The molecule has 0 spiro atoms. The molecule has 13 heteroatoms. The first-order chi connectivity index (χ1) is 20.1. The molecule has 0 bridgehead atoms. The van der Waals surface area contributed by atoms with Crippen LogP contribution in [0.4, 0.5) is 5.82 Å². The van der Waals surface area contributed by atoms with E-state index in [2.05, 4.69) is 21.3 Å². The van der Waals surface area contributed by atoms with Crippen LogP contribution < -0.4 is 10.5 Å². The Kier molecular flexibility index (Phi) is 8.05. The molecule has 2 aromatic heterocycles. The molecule has 1 saturated heterocycles. The SMILES string of the molecule is C=CC(=O)N1CCC[C@@H](n2nc(-c3ccc(CNS(=O)(=O)c4ccccc4C(=O)N(C)C)cc3)c3c(N)ncnc32)C1. The van der Waals surface area contributed by atoms with Crippen molar-refractivity contribution in [2.75, 3.05) is 32.9 Å². The van der Waals surface area contributed by atoms with Crippen molar-refractivity contribution in [1.29, 1.82) is 0 Å². The Labute approximate surface area is 243 Å². The zero-order chi connectivity index (χ0) is 30.0. The Morgan fingerprint density at radius 3 is 2.60 bits per heavy atom. The van der Waals surface area contributed by atoms with Gasteiger partial charge in [-0.1, -0.05) is 43.0 Å². The van der Waals surface area contributed by atoms with Crippen molar-refractivity contribution in [1.82, 2.24) is 34.3 Å². The number of hydrogen-bond acceptors (Lipinski definition) is 8. The van der Waals surface area contributed by atoms with Gasteiger partial charge in [-0.2, -0.15) is 5.10 Å². The molecule has 0 saturated carbocycles. The van der Waals surface area contributed by atoms with Crippen LogP contribution in [0.15, 0.2) is 72.4 Å². The van der Waals surface area contributed by atoms with Crippen LogP contribution in [0.5, 0.6) is 0 Å². The number of anilines is 1. The molecule has 5 rings (SSSR count). The van der Waals surface area contributed by atoms with E-state index >= 15 is 0 Å². The van der Waals surface area contributed by atoms with Crippen LogP contribution in [-0.4, -0.2) is 77.0 Å². The van der Waals surface area contributed by atoms with Crippen LogP contribution in [0.25, 0.3) is 22.3 Å². The van der Waals surface area contributed by atoms with E-state index in [9.17, 15) is 18.0 Å². The lowest BCUT2D eigenvalue weighted by Gasteiger charge is -2.32. The van der Waals surface area contributed by atoms with Gasteiger partial charge >= 0.3 is 0 Å². The Morgan fingerprint density at radius 2 is 1.88 bits per heavy atom. The largest absolute Gasteiger partial charge is 0.383 e. The average molecular weight is 589 g/mol. The summed E-state index contributed by atoms with van der Waals surface area (Å²) in [7, 11) is -0.827. The van der Waals surface area contributed by atoms with E-state index in [0.717, 1.165) is 18.4 Å². The van der Waals surface area contributed by atoms with E-state index in [1.54, 1.807) is 43.3 Å². The second-order valence-corrected chi connectivity index (χ2v) is 12.0. The van der Waals surface area contributed by atoms with E-state index in [1.165, 1.54) is 29.4 Å². The van der Waals surface area contributed by atoms with Gasteiger partial charge in [-0.3, -0.25) is 9.59 Å². The standard InChI is InChI=1S/C29H32N8O4S/c1-4-24(38)36-15-7-8-21(17-36)37-28-25(27(30)31-18-32-28)26(34-37)20-13-11-19(12-14-20)16-33-42(40,41)23-10-6-5-9-22(23)29(39)35(2)3/h4-6,9-14,18,21,33H,1,7-8,15-17H2,2-3H3,(H2,30,31,32)/t21-/m1/s1. The van der Waals surface area contributed by atoms with Crippen LogP contribution >= 0.6 is 0 Å². The van der Waals surface area contributed by atoms with Gasteiger partial charge in [0.15, 0.2) is 5.65 Å². The number of nitrogens with one attached hydrogen (secondary N) is 1. The summed E-state index contributed by atoms with van der Waals surface area (Å²) in [6, 6.07) is 13.3. The zero-order valence-electron chi connectivity index (χ0n) is 23.4. The fraction of sp³-hybridized carbons (Fsp3) is 0.276. The number of carbonyl (C=O) groups excluding carboxylic acids is 2. The summed E-state index contributed by atoms with van der Waals surface area (Å²) in [6.07, 6.45) is 4.36. The van der Waals surface area contributed by atoms with Crippen molar-refractivity contribution in [2.24, 2.45) is 0 Å². The number of hydrogen-bond donors (Lipinski definition) is 2. The third-order valence-corrected chi connectivity index (χ3v) is 8.71. The molecule has 0 radical (unpaired) electrons. The zero-order valence-corrected chi connectivity index (χ0v) is 24.2. The minimum atomic E-state index is -3.97. The molecule has 1 atom stereocenters. The molecule has 1 aliphatic rings. The first-order valence-electron chi connectivity index (χ1n) is 13.4. The first-order valence-corrected chi connectivity index (χ1v) is 14.9. The van der Waals surface area contributed by atoms with E-state index in [-0.39, 0.29) is 29.0 Å². The lowest BCUT2D eigenvalue weighted by molar-refractivity contribution is -0.127. The quantitative estimate of drug-likeness (QED) is 0.298. The van der Waals surface area contributed by atoms with Crippen molar-refractivity contribution in [3.05, 3.63) is 78.6 Å². The molecule has 1 aliphatic heterocycles. The summed E-state index contributed by atoms with van der Waals surface area (Å²) in [5.74, 6) is -0.230. The number of nitrogens with two attached hydrogens (primary N) is 1. The summed E-state index contributed by atoms with van der Waals surface area (Å²) in [4.78, 5) is 36.4. The highest BCUT2D eigenvalue weighted by Crippen LogP contribution is 2.34. The number of sulfonamides is 1. The van der Waals surface area contributed by atoms with Gasteiger partial charge < -0.3 is 15.5 Å². The second kappa shape index (κ2) is 11.7. The van der Waals surface area contributed by atoms with Gasteiger partial charge in [0, 0.05) is 39.3 Å². The monoisotopic (exact) mass is 588 g/mol. The summed E-state index contributed by atoms with van der Waals surface area (Å²) in [5.41, 5.74) is 9.02. The topological polar surface area (TPSA) is 156 Å². The van der Waals surface area contributed by atoms with Crippen LogP contribution in [0, 0.1) is 0 Å². The number of rotatable bonds is 8. The number of nitrogens with zero attached hydrogens (tertiary/aromatic N) is 6. The Balaban J connectivity index is 1.40. The average Bonchev–Trinajstić information content (AvgIpc) is 3.40. The fourth-order valence-corrected chi connectivity index (χ4v) is 6.31. The van der Waals surface area contributed by atoms with E-state index < -0.39 is 15.9 Å². The number of benzene rings is 2. The molecule has 42 heavy (non-hydrogen) atoms. The van der Waals surface area contributed by atoms with Crippen molar-refractivity contribution >= 4 is 38.7 Å². The van der Waals surface area contributed by atoms with E-state index in [0.29, 0.717) is 41.2 Å². The minimum absolute atomic E-state index is 0.0166. The molecule has 0 unspecified atom stereocenters. The highest BCUT2D eigenvalue weighted by Gasteiger charge is 2.28. The summed E-state index contributed by atoms with van der Waals surface area (Å²) >= 11 is 0. The molecule has 3 N–H and O–H groups in total. The summed E-state index contributed by atoms with van der Waals surface area (Å²) in [5, 5.41) is 5.49. The Hall–Kier alpha value is -4.62. The number of nitrogen functional groups attached to an aromatic ring is 1. The second-order valence-electron chi connectivity index (χ2n) is 10.3. The number of fused-ring (bicyclic) bond motifs is 1. The molecular weight excluding hydrogens is 556 g/mol. The van der Waals surface area contributed by atoms with Gasteiger partial charge in [0.1, 0.15) is 17.8 Å². The summed E-state index contributed by atoms with van der Waals surface area (Å²) in [6.45, 7) is 4.76. The van der Waals surface area contributed by atoms with Crippen LogP contribution in [-0.2, 0) is 21.4 Å². The fourth-order valence-electron chi connectivity index (χ4n) is 5.09. The highest BCUT2D eigenvalue weighted by molar-refractivity contribution is 7.89. The van der Waals surface area contributed by atoms with Gasteiger partial charge in [0.25, 0.3) is 5.91 Å². The first kappa shape index (κ1) is 28.9. The lowest BCUT2D eigenvalue weighted by Crippen LogP contribution is -2.40. The lowest BCUT2D eigenvalue weighted by atomic mass is 10.1. The molecule has 2 aromatic carbocycles. The Bertz CT molecular complexity index is 1770. The van der Waals surface area contributed by atoms with Gasteiger partial charge in [-0.15, -0.1) is 0 Å². The predicted octanol–water partition coefficient (Wildman–Crippen LogP) is 2.61. The van der Waals surface area contributed by atoms with Gasteiger partial charge in [0.05, 0.1) is 21.9 Å². The third-order valence-electron chi connectivity index (χ3n) is 7.25. The van der Waals surface area contributed by atoms with Crippen molar-refractivity contribution in [2.45, 2.75) is 30.3 Å². The highest BCUT2D eigenvalue weighted by atomic mass is 32.2. The molecule has 1 fully saturated rings. The van der Waals surface area contributed by atoms with E-state index in [4.69, 9.17) is 10.8 Å². The molecule has 3 heterocycles. The van der Waals surface area contributed by atoms with Gasteiger partial charge in [-0.25, -0.2) is 27.8 Å². The molecular formula is C29H32N8O4S. The predicted molar refractivity (Wildman–Crippen MR) is 159 cm³/mol. The maximum Gasteiger partial charge on any atom is 0.254 e. The normalized spacial score (nSPS) is 15.5.